The smallest absolute Gasteiger partial charge is 0.223 e. The number of piperidine rings is 1. The summed E-state index contributed by atoms with van der Waals surface area (Å²) < 4.78 is 13.1. The fourth-order valence-corrected chi connectivity index (χ4v) is 3.80. The Hall–Kier alpha value is -3.28. The van der Waals surface area contributed by atoms with Gasteiger partial charge in [0.1, 0.15) is 5.82 Å². The molecule has 1 aliphatic rings. The normalized spacial score (nSPS) is 15.6. The van der Waals surface area contributed by atoms with Crippen molar-refractivity contribution >= 4 is 11.7 Å². The van der Waals surface area contributed by atoms with Crippen molar-refractivity contribution in [1.29, 1.82) is 0 Å². The first kappa shape index (κ1) is 20.0. The Morgan fingerprint density at radius 3 is 2.33 bits per heavy atom. The predicted octanol–water partition coefficient (Wildman–Crippen LogP) is 4.38. The van der Waals surface area contributed by atoms with Crippen molar-refractivity contribution in [2.45, 2.75) is 25.8 Å². The summed E-state index contributed by atoms with van der Waals surface area (Å²) in [5, 5.41) is 11.8. The first-order chi connectivity index (χ1) is 14.6. The predicted molar refractivity (Wildman–Crippen MR) is 115 cm³/mol. The van der Waals surface area contributed by atoms with Gasteiger partial charge in [0.2, 0.25) is 5.91 Å². The third-order valence-electron chi connectivity index (χ3n) is 5.64. The molecule has 0 saturated carbocycles. The number of carbonyl (C=O) groups excluding carboxylic acids is 1. The highest BCUT2D eigenvalue weighted by atomic mass is 19.1. The van der Waals surface area contributed by atoms with Gasteiger partial charge in [-0.2, -0.15) is 0 Å². The molecule has 4 rings (SSSR count). The summed E-state index contributed by atoms with van der Waals surface area (Å²) in [6, 6.07) is 20.1. The molecule has 1 saturated heterocycles. The van der Waals surface area contributed by atoms with E-state index in [0.29, 0.717) is 5.69 Å². The summed E-state index contributed by atoms with van der Waals surface area (Å²) in [6.07, 6.45) is 1.57. The zero-order chi connectivity index (χ0) is 20.9. The summed E-state index contributed by atoms with van der Waals surface area (Å²) in [5.74, 6) is 0.661. The van der Waals surface area contributed by atoms with E-state index < -0.39 is 0 Å². The molecule has 1 amide bonds. The van der Waals surface area contributed by atoms with Crippen LogP contribution < -0.4 is 10.2 Å². The number of hydrogen-bond acceptors (Lipinski definition) is 4. The van der Waals surface area contributed by atoms with E-state index in [1.807, 2.05) is 49.4 Å². The van der Waals surface area contributed by atoms with Crippen LogP contribution in [0, 0.1) is 11.7 Å². The van der Waals surface area contributed by atoms with Crippen molar-refractivity contribution in [2.24, 2.45) is 5.92 Å². The molecule has 2 heterocycles. The first-order valence-corrected chi connectivity index (χ1v) is 10.3. The summed E-state index contributed by atoms with van der Waals surface area (Å²) in [6.45, 7) is 3.55. The van der Waals surface area contributed by atoms with Crippen LogP contribution in [0.15, 0.2) is 66.7 Å². The number of carbonyl (C=O) groups is 1. The van der Waals surface area contributed by atoms with E-state index in [2.05, 4.69) is 20.4 Å². The van der Waals surface area contributed by atoms with Gasteiger partial charge in [0.15, 0.2) is 5.82 Å². The lowest BCUT2D eigenvalue weighted by molar-refractivity contribution is -0.126. The third kappa shape index (κ3) is 4.64. The Bertz CT molecular complexity index is 968. The molecule has 1 unspecified atom stereocenters. The average Bonchev–Trinajstić information content (AvgIpc) is 2.80. The molecule has 0 radical (unpaired) electrons. The quantitative estimate of drug-likeness (QED) is 0.686. The van der Waals surface area contributed by atoms with Gasteiger partial charge in [0, 0.05) is 24.6 Å². The highest BCUT2D eigenvalue weighted by molar-refractivity contribution is 5.79. The maximum atomic E-state index is 13.1. The number of benzene rings is 2. The van der Waals surface area contributed by atoms with Crippen molar-refractivity contribution in [3.8, 4) is 11.3 Å². The minimum absolute atomic E-state index is 0.00148. The van der Waals surface area contributed by atoms with Crippen LogP contribution >= 0.6 is 0 Å². The molecule has 0 bridgehead atoms. The van der Waals surface area contributed by atoms with Crippen LogP contribution in [0.3, 0.4) is 0 Å². The number of anilines is 1. The third-order valence-corrected chi connectivity index (χ3v) is 5.64. The Kier molecular flexibility index (Phi) is 6.02. The fraction of sp³-hybridized carbons (Fsp3) is 0.292. The van der Waals surface area contributed by atoms with Gasteiger partial charge in [0.25, 0.3) is 0 Å². The number of rotatable bonds is 5. The molecule has 1 N–H and O–H groups in total. The van der Waals surface area contributed by atoms with Gasteiger partial charge in [-0.3, -0.25) is 4.79 Å². The highest BCUT2D eigenvalue weighted by Crippen LogP contribution is 2.24. The van der Waals surface area contributed by atoms with E-state index in [0.717, 1.165) is 42.9 Å². The molecule has 1 fully saturated rings. The average molecular weight is 404 g/mol. The zero-order valence-corrected chi connectivity index (χ0v) is 17.0. The molecule has 1 atom stereocenters. The van der Waals surface area contributed by atoms with Crippen LogP contribution in [0.1, 0.15) is 31.4 Å². The van der Waals surface area contributed by atoms with E-state index in [1.54, 1.807) is 12.1 Å². The first-order valence-electron chi connectivity index (χ1n) is 10.3. The molecule has 1 aromatic heterocycles. The van der Waals surface area contributed by atoms with Gasteiger partial charge >= 0.3 is 0 Å². The monoisotopic (exact) mass is 404 g/mol. The van der Waals surface area contributed by atoms with Crippen LogP contribution in [-0.4, -0.2) is 29.2 Å². The van der Waals surface area contributed by atoms with E-state index in [-0.39, 0.29) is 23.7 Å². The zero-order valence-electron chi connectivity index (χ0n) is 17.0. The maximum absolute atomic E-state index is 13.1. The molecule has 6 heteroatoms. The second kappa shape index (κ2) is 9.03. The minimum Gasteiger partial charge on any atom is -0.355 e. The molecule has 2 aromatic carbocycles. The molecule has 1 aliphatic heterocycles. The molecule has 0 aliphatic carbocycles. The Morgan fingerprint density at radius 1 is 1.00 bits per heavy atom. The lowest BCUT2D eigenvalue weighted by Crippen LogP contribution is -2.41. The van der Waals surface area contributed by atoms with Gasteiger partial charge in [0.05, 0.1) is 11.7 Å². The Balaban J connectivity index is 1.32. The van der Waals surface area contributed by atoms with Crippen LogP contribution in [0.4, 0.5) is 10.2 Å². The molecule has 3 aromatic rings. The van der Waals surface area contributed by atoms with E-state index in [9.17, 15) is 9.18 Å². The lowest BCUT2D eigenvalue weighted by atomic mass is 9.95. The molecule has 30 heavy (non-hydrogen) atoms. The number of aromatic nitrogens is 2. The largest absolute Gasteiger partial charge is 0.355 e. The van der Waals surface area contributed by atoms with Crippen LogP contribution in [0.25, 0.3) is 11.3 Å². The maximum Gasteiger partial charge on any atom is 0.223 e. The van der Waals surface area contributed by atoms with Crippen LogP contribution in [0.2, 0.25) is 0 Å². The SMILES string of the molecule is CC(NC(=O)C1CCN(c2ccc(-c3ccc(F)cc3)nn2)CC1)c1ccccc1. The van der Waals surface area contributed by atoms with Gasteiger partial charge in [-0.1, -0.05) is 30.3 Å². The van der Waals surface area contributed by atoms with Crippen molar-refractivity contribution in [1.82, 2.24) is 15.5 Å². The topological polar surface area (TPSA) is 58.1 Å². The second-order valence-corrected chi connectivity index (χ2v) is 7.69. The van der Waals surface area contributed by atoms with E-state index >= 15 is 0 Å². The molecule has 154 valence electrons. The standard InChI is InChI=1S/C24H25FN4O/c1-17(18-5-3-2-4-6-18)26-24(30)20-13-15-29(16-14-20)23-12-11-22(27-28-23)19-7-9-21(25)10-8-19/h2-12,17,20H,13-16H2,1H3,(H,26,30). The minimum atomic E-state index is -0.270. The number of nitrogens with one attached hydrogen (secondary N) is 1. The van der Waals surface area contributed by atoms with Crippen LogP contribution in [0.5, 0.6) is 0 Å². The van der Waals surface area contributed by atoms with Gasteiger partial charge in [-0.25, -0.2) is 4.39 Å². The molecular formula is C24H25FN4O. The highest BCUT2D eigenvalue weighted by Gasteiger charge is 2.26. The van der Waals surface area contributed by atoms with E-state index in [4.69, 9.17) is 0 Å². The molecular weight excluding hydrogens is 379 g/mol. The number of halogens is 1. The van der Waals surface area contributed by atoms with Gasteiger partial charge in [-0.15, -0.1) is 10.2 Å². The Morgan fingerprint density at radius 2 is 1.70 bits per heavy atom. The van der Waals surface area contributed by atoms with Crippen molar-refractivity contribution in [2.75, 3.05) is 18.0 Å². The van der Waals surface area contributed by atoms with Gasteiger partial charge < -0.3 is 10.2 Å². The fourth-order valence-electron chi connectivity index (χ4n) is 3.80. The summed E-state index contributed by atoms with van der Waals surface area (Å²) in [4.78, 5) is 14.8. The summed E-state index contributed by atoms with van der Waals surface area (Å²) in [5.41, 5.74) is 2.65. The summed E-state index contributed by atoms with van der Waals surface area (Å²) >= 11 is 0. The number of nitrogens with zero attached hydrogens (tertiary/aromatic N) is 3. The van der Waals surface area contributed by atoms with Crippen LogP contribution in [-0.2, 0) is 4.79 Å². The Labute approximate surface area is 176 Å². The lowest BCUT2D eigenvalue weighted by Gasteiger charge is -2.32. The van der Waals surface area contributed by atoms with E-state index in [1.165, 1.54) is 12.1 Å². The number of amides is 1. The molecule has 0 spiro atoms. The van der Waals surface area contributed by atoms with Crippen molar-refractivity contribution < 1.29 is 9.18 Å². The van der Waals surface area contributed by atoms with Crippen molar-refractivity contribution in [3.05, 3.63) is 78.1 Å². The van der Waals surface area contributed by atoms with Gasteiger partial charge in [-0.05, 0) is 61.7 Å². The molecule has 5 nitrogen and oxygen atoms in total. The summed E-state index contributed by atoms with van der Waals surface area (Å²) in [7, 11) is 0. The number of hydrogen-bond donors (Lipinski definition) is 1. The second-order valence-electron chi connectivity index (χ2n) is 7.69. The van der Waals surface area contributed by atoms with Crippen molar-refractivity contribution in [3.63, 3.8) is 0 Å².